The van der Waals surface area contributed by atoms with E-state index in [-0.39, 0.29) is 16.9 Å². The Kier molecular flexibility index (Phi) is 8.33. The van der Waals surface area contributed by atoms with Gasteiger partial charge in [0.05, 0.1) is 30.5 Å². The molecule has 0 aromatic heterocycles. The van der Waals surface area contributed by atoms with Crippen molar-refractivity contribution < 1.29 is 0 Å². The molecule has 0 aliphatic heterocycles. The molecule has 0 saturated heterocycles. The molecule has 4 heteroatoms. The Morgan fingerprint density at radius 3 is 1.24 bits per heavy atom. The van der Waals surface area contributed by atoms with Gasteiger partial charge in [0.25, 0.3) is 0 Å². The molecule has 0 spiro atoms. The van der Waals surface area contributed by atoms with Crippen molar-refractivity contribution >= 4 is 28.4 Å². The second-order valence-electron chi connectivity index (χ2n) is 13.2. The number of benzene rings is 5. The molecule has 0 N–H and O–H groups in total. The number of hydrogen-bond acceptors (Lipinski definition) is 2. The molecule has 0 heterocycles. The molecular formula is C41H36N4. The molecule has 0 atom stereocenters. The molecule has 5 rings (SSSR count). The summed E-state index contributed by atoms with van der Waals surface area (Å²) in [5, 5.41) is 10.7. The van der Waals surface area contributed by atoms with Crippen molar-refractivity contribution in [2.75, 3.05) is 4.90 Å². The van der Waals surface area contributed by atoms with E-state index in [4.69, 9.17) is 13.1 Å². The quantitative estimate of drug-likeness (QED) is 0.193. The molecule has 0 aliphatic rings. The highest BCUT2D eigenvalue weighted by atomic mass is 15.2. The molecule has 5 aromatic rings. The Labute approximate surface area is 267 Å². The number of rotatable bonds is 5. The number of nitrogens with zero attached hydrogens (tertiary/aromatic N) is 4. The molecule has 0 bridgehead atoms. The van der Waals surface area contributed by atoms with E-state index in [9.17, 15) is 5.26 Å². The summed E-state index contributed by atoms with van der Waals surface area (Å²) in [6, 6.07) is 39.5. The van der Waals surface area contributed by atoms with Crippen LogP contribution in [-0.4, -0.2) is 0 Å². The topological polar surface area (TPSA) is 35.8 Å². The molecule has 0 aliphatic carbocycles. The van der Waals surface area contributed by atoms with E-state index in [2.05, 4.69) is 135 Å². The second-order valence-corrected chi connectivity index (χ2v) is 13.2. The zero-order valence-corrected chi connectivity index (χ0v) is 26.7. The summed E-state index contributed by atoms with van der Waals surface area (Å²) in [5.41, 5.74) is 8.10. The number of anilines is 3. The van der Waals surface area contributed by atoms with Gasteiger partial charge in [-0.1, -0.05) is 126 Å². The van der Waals surface area contributed by atoms with Crippen molar-refractivity contribution in [1.29, 1.82) is 5.26 Å². The van der Waals surface area contributed by atoms with Gasteiger partial charge in [-0.05, 0) is 68.5 Å². The summed E-state index contributed by atoms with van der Waals surface area (Å²) < 4.78 is 0. The van der Waals surface area contributed by atoms with Crippen LogP contribution >= 0.6 is 0 Å². The summed E-state index contributed by atoms with van der Waals surface area (Å²) in [7, 11) is 0. The van der Waals surface area contributed by atoms with Crippen LogP contribution in [0, 0.1) is 24.5 Å². The lowest BCUT2D eigenvalue weighted by Gasteiger charge is -2.39. The van der Waals surface area contributed by atoms with Gasteiger partial charge in [-0.3, -0.25) is 0 Å². The van der Waals surface area contributed by atoms with Crippen LogP contribution in [0.25, 0.3) is 31.9 Å². The van der Waals surface area contributed by atoms with E-state index >= 15 is 0 Å². The zero-order valence-electron chi connectivity index (χ0n) is 26.7. The van der Waals surface area contributed by atoms with Crippen LogP contribution < -0.4 is 4.90 Å². The maximum absolute atomic E-state index is 10.7. The molecule has 45 heavy (non-hydrogen) atoms. The van der Waals surface area contributed by atoms with E-state index in [1.165, 1.54) is 0 Å². The Balaban J connectivity index is 1.88. The first-order valence-electron chi connectivity index (χ1n) is 15.0. The van der Waals surface area contributed by atoms with Crippen LogP contribution in [0.15, 0.2) is 109 Å². The van der Waals surface area contributed by atoms with Gasteiger partial charge in [-0.2, -0.15) is 5.26 Å². The fourth-order valence-electron chi connectivity index (χ4n) is 5.99. The summed E-state index contributed by atoms with van der Waals surface area (Å²) in [4.78, 5) is 9.83. The van der Waals surface area contributed by atoms with Crippen molar-refractivity contribution in [3.63, 3.8) is 0 Å². The van der Waals surface area contributed by atoms with Crippen molar-refractivity contribution in [2.24, 2.45) is 0 Å². The Bertz CT molecular complexity index is 1870. The molecule has 0 fully saturated rings. The Hall–Kier alpha value is -5.63. The van der Waals surface area contributed by atoms with Gasteiger partial charge in [0, 0.05) is 11.4 Å². The summed E-state index contributed by atoms with van der Waals surface area (Å²) in [5.74, 6) is 0. The van der Waals surface area contributed by atoms with Gasteiger partial charge < -0.3 is 4.90 Å². The van der Waals surface area contributed by atoms with Crippen LogP contribution in [0.2, 0.25) is 0 Å². The first-order chi connectivity index (χ1) is 21.5. The van der Waals surface area contributed by atoms with E-state index < -0.39 is 10.8 Å². The third-order valence-electron chi connectivity index (χ3n) is 7.95. The Morgan fingerprint density at radius 1 is 0.533 bits per heavy atom. The van der Waals surface area contributed by atoms with Crippen molar-refractivity contribution in [2.45, 2.75) is 52.4 Å². The molecule has 0 radical (unpaired) electrons. The van der Waals surface area contributed by atoms with Crippen LogP contribution in [0.1, 0.15) is 58.2 Å². The van der Waals surface area contributed by atoms with E-state index in [0.717, 1.165) is 44.8 Å². The standard InChI is InChI=1S/C41H36N4/c1-40(2,3)35-36(41(4,5)6)39(34(27-42)37(43-7)38(35)44-8)45(32-23-19-30(20-24-32)28-15-11-9-12-16-28)33-25-21-31(22-26-33)29-17-13-10-14-18-29/h9-26H,1-6H3. The third-order valence-corrected chi connectivity index (χ3v) is 7.95. The number of hydrogen-bond donors (Lipinski definition) is 0. The SMILES string of the molecule is [C-]#[N+]c1c(C#N)c(N(c2ccc(-c3ccccc3)cc2)c2ccc(-c3ccccc3)cc2)c(C(C)(C)C)c(C(C)(C)C)c1[N+]#[C-]. The van der Waals surface area contributed by atoms with Gasteiger partial charge in [0.1, 0.15) is 0 Å². The fourth-order valence-corrected chi connectivity index (χ4v) is 5.99. The molecule has 0 unspecified atom stereocenters. The average Bonchev–Trinajstić information content (AvgIpc) is 3.04. The first-order valence-corrected chi connectivity index (χ1v) is 15.0. The first kappa shape index (κ1) is 30.8. The van der Waals surface area contributed by atoms with E-state index in [0.29, 0.717) is 5.69 Å². The largest absolute Gasteiger partial charge is 0.310 e. The monoisotopic (exact) mass is 584 g/mol. The predicted molar refractivity (Wildman–Crippen MR) is 187 cm³/mol. The van der Waals surface area contributed by atoms with Crippen LogP contribution in [0.3, 0.4) is 0 Å². The van der Waals surface area contributed by atoms with E-state index in [1.54, 1.807) is 0 Å². The summed E-state index contributed by atoms with van der Waals surface area (Å²) in [6.07, 6.45) is 0. The predicted octanol–water partition coefficient (Wildman–Crippen LogP) is 12.1. The van der Waals surface area contributed by atoms with Gasteiger partial charge in [0.15, 0.2) is 5.69 Å². The van der Waals surface area contributed by atoms with Crippen LogP contribution in [0.4, 0.5) is 28.4 Å². The lowest BCUT2D eigenvalue weighted by atomic mass is 9.72. The van der Waals surface area contributed by atoms with Gasteiger partial charge in [-0.25, -0.2) is 9.69 Å². The smallest absolute Gasteiger partial charge is 0.214 e. The summed E-state index contributed by atoms with van der Waals surface area (Å²) >= 11 is 0. The van der Waals surface area contributed by atoms with Crippen LogP contribution in [0.5, 0.6) is 0 Å². The summed E-state index contributed by atoms with van der Waals surface area (Å²) in [6.45, 7) is 28.9. The third kappa shape index (κ3) is 5.95. The maximum atomic E-state index is 10.7. The Morgan fingerprint density at radius 2 is 0.911 bits per heavy atom. The minimum Gasteiger partial charge on any atom is -0.310 e. The minimum atomic E-state index is -0.468. The average molecular weight is 585 g/mol. The molecule has 0 amide bonds. The lowest BCUT2D eigenvalue weighted by Crippen LogP contribution is -2.27. The van der Waals surface area contributed by atoms with Crippen molar-refractivity contribution in [1.82, 2.24) is 0 Å². The number of nitriles is 1. The molecule has 220 valence electrons. The zero-order chi connectivity index (χ0) is 32.4. The lowest BCUT2D eigenvalue weighted by molar-refractivity contribution is 0.533. The normalized spacial score (nSPS) is 11.3. The van der Waals surface area contributed by atoms with Crippen molar-refractivity contribution in [3.8, 4) is 28.3 Å². The van der Waals surface area contributed by atoms with Crippen molar-refractivity contribution in [3.05, 3.63) is 149 Å². The highest BCUT2D eigenvalue weighted by Gasteiger charge is 2.37. The second kappa shape index (κ2) is 12.2. The molecule has 5 aromatic carbocycles. The highest BCUT2D eigenvalue weighted by molar-refractivity contribution is 5.95. The minimum absolute atomic E-state index is 0.104. The van der Waals surface area contributed by atoms with Gasteiger partial charge in [-0.15, -0.1) is 0 Å². The fraction of sp³-hybridized carbons (Fsp3) is 0.195. The van der Waals surface area contributed by atoms with Gasteiger partial charge in [0.2, 0.25) is 5.69 Å². The maximum Gasteiger partial charge on any atom is 0.214 e. The highest BCUT2D eigenvalue weighted by Crippen LogP contribution is 2.55. The molecular weight excluding hydrogens is 548 g/mol. The van der Waals surface area contributed by atoms with Gasteiger partial charge >= 0.3 is 0 Å². The molecule has 4 nitrogen and oxygen atoms in total. The van der Waals surface area contributed by atoms with E-state index in [1.807, 2.05) is 36.4 Å². The molecule has 0 saturated carbocycles. The van der Waals surface area contributed by atoms with Crippen LogP contribution in [-0.2, 0) is 10.8 Å².